The van der Waals surface area contributed by atoms with E-state index in [2.05, 4.69) is 11.2 Å². The van der Waals surface area contributed by atoms with E-state index in [0.717, 1.165) is 15.4 Å². The molecule has 4 heteroatoms. The molecule has 0 bridgehead atoms. The Hall–Kier alpha value is -2.25. The minimum Gasteiger partial charge on any atom is -0.398 e. The third kappa shape index (κ3) is 3.36. The Labute approximate surface area is 116 Å². The Morgan fingerprint density at radius 3 is 2.47 bits per heavy atom. The van der Waals surface area contributed by atoms with E-state index in [-0.39, 0.29) is 5.71 Å². The summed E-state index contributed by atoms with van der Waals surface area (Å²) in [6.07, 6.45) is 0. The minimum atomic E-state index is 0.279. The Kier molecular flexibility index (Phi) is 4.60. The van der Waals surface area contributed by atoms with Crippen molar-refractivity contribution in [2.45, 2.75) is 9.79 Å². The van der Waals surface area contributed by atoms with Gasteiger partial charge in [0.2, 0.25) is 0 Å². The second-order valence-corrected chi connectivity index (χ2v) is 4.76. The molecule has 0 spiro atoms. The van der Waals surface area contributed by atoms with Gasteiger partial charge in [0.25, 0.3) is 0 Å². The Morgan fingerprint density at radius 1 is 1.11 bits per heavy atom. The second-order valence-electron chi connectivity index (χ2n) is 3.65. The lowest BCUT2D eigenvalue weighted by molar-refractivity contribution is 0.214. The maximum atomic E-state index is 9.13. The summed E-state index contributed by atoms with van der Waals surface area (Å²) in [6.45, 7) is 0. The van der Waals surface area contributed by atoms with Crippen molar-refractivity contribution in [2.75, 3.05) is 7.11 Å². The van der Waals surface area contributed by atoms with Crippen LogP contribution in [0.2, 0.25) is 0 Å². The highest BCUT2D eigenvalue weighted by atomic mass is 32.2. The molecule has 0 unspecified atom stereocenters. The zero-order valence-corrected chi connectivity index (χ0v) is 11.2. The molecule has 0 saturated carbocycles. The quantitative estimate of drug-likeness (QED) is 0.627. The fraction of sp³-hybridized carbons (Fsp3) is 0.0667. The van der Waals surface area contributed by atoms with Gasteiger partial charge in [0, 0.05) is 15.4 Å². The van der Waals surface area contributed by atoms with Crippen molar-refractivity contribution in [2.24, 2.45) is 5.16 Å². The Balaban J connectivity index is 2.37. The molecule has 0 aliphatic carbocycles. The summed E-state index contributed by atoms with van der Waals surface area (Å²) in [5, 5.41) is 12.9. The summed E-state index contributed by atoms with van der Waals surface area (Å²) in [6, 6.07) is 19.7. The molecule has 2 aromatic rings. The van der Waals surface area contributed by atoms with Crippen LogP contribution in [-0.4, -0.2) is 12.8 Å². The van der Waals surface area contributed by atoms with E-state index < -0.39 is 0 Å². The van der Waals surface area contributed by atoms with Crippen LogP contribution in [-0.2, 0) is 4.84 Å². The molecule has 0 amide bonds. The van der Waals surface area contributed by atoms with Crippen molar-refractivity contribution in [3.8, 4) is 6.07 Å². The first-order valence-electron chi connectivity index (χ1n) is 5.68. The van der Waals surface area contributed by atoms with Gasteiger partial charge in [0.05, 0.1) is 0 Å². The lowest BCUT2D eigenvalue weighted by Gasteiger charge is -2.06. The number of nitriles is 1. The fourth-order valence-electron chi connectivity index (χ4n) is 1.59. The third-order valence-corrected chi connectivity index (χ3v) is 3.49. The normalized spacial score (nSPS) is 10.8. The van der Waals surface area contributed by atoms with E-state index in [0.29, 0.717) is 0 Å². The van der Waals surface area contributed by atoms with E-state index in [1.54, 1.807) is 11.8 Å². The van der Waals surface area contributed by atoms with Gasteiger partial charge < -0.3 is 4.84 Å². The lowest BCUT2D eigenvalue weighted by Crippen LogP contribution is -2.00. The predicted molar refractivity (Wildman–Crippen MR) is 76.2 cm³/mol. The molecular formula is C15H12N2OS. The van der Waals surface area contributed by atoms with E-state index in [1.165, 1.54) is 7.11 Å². The Bertz CT molecular complexity index is 618. The predicted octanol–water partition coefficient (Wildman–Crippen LogP) is 3.71. The van der Waals surface area contributed by atoms with Gasteiger partial charge in [-0.05, 0) is 18.2 Å². The molecule has 0 aromatic heterocycles. The molecule has 19 heavy (non-hydrogen) atoms. The van der Waals surface area contributed by atoms with Crippen LogP contribution in [0.25, 0.3) is 0 Å². The van der Waals surface area contributed by atoms with E-state index in [9.17, 15) is 0 Å². The van der Waals surface area contributed by atoms with Crippen molar-refractivity contribution in [1.82, 2.24) is 0 Å². The third-order valence-electron chi connectivity index (χ3n) is 2.40. The van der Waals surface area contributed by atoms with Crippen LogP contribution in [0, 0.1) is 11.3 Å². The second kappa shape index (κ2) is 6.62. The van der Waals surface area contributed by atoms with Gasteiger partial charge in [-0.25, -0.2) is 0 Å². The average molecular weight is 268 g/mol. The largest absolute Gasteiger partial charge is 0.398 e. The average Bonchev–Trinajstić information content (AvgIpc) is 2.47. The first kappa shape index (κ1) is 13.2. The Morgan fingerprint density at radius 2 is 1.79 bits per heavy atom. The molecule has 94 valence electrons. The van der Waals surface area contributed by atoms with Gasteiger partial charge in [-0.2, -0.15) is 5.26 Å². The summed E-state index contributed by atoms with van der Waals surface area (Å²) >= 11 is 1.60. The number of benzene rings is 2. The summed E-state index contributed by atoms with van der Waals surface area (Å²) in [7, 11) is 1.43. The van der Waals surface area contributed by atoms with Crippen molar-refractivity contribution in [3.05, 3.63) is 60.2 Å². The highest BCUT2D eigenvalue weighted by Crippen LogP contribution is 2.30. The smallest absolute Gasteiger partial charge is 0.188 e. The van der Waals surface area contributed by atoms with E-state index in [4.69, 9.17) is 10.1 Å². The summed E-state index contributed by atoms with van der Waals surface area (Å²) < 4.78 is 0. The van der Waals surface area contributed by atoms with Gasteiger partial charge in [0.15, 0.2) is 5.71 Å². The standard InChI is InChI=1S/C15H12N2OS/c1-18-17-14(11-16)13-9-5-6-10-15(13)19-12-7-3-2-4-8-12/h2-10H,1H3. The van der Waals surface area contributed by atoms with Crippen LogP contribution in [0.4, 0.5) is 0 Å². The first-order chi connectivity index (χ1) is 9.35. The fourth-order valence-corrected chi connectivity index (χ4v) is 2.56. The molecule has 0 fully saturated rings. The summed E-state index contributed by atoms with van der Waals surface area (Å²) in [5.41, 5.74) is 1.06. The monoisotopic (exact) mass is 268 g/mol. The maximum Gasteiger partial charge on any atom is 0.188 e. The molecule has 0 aliphatic heterocycles. The van der Waals surface area contributed by atoms with Crippen molar-refractivity contribution in [1.29, 1.82) is 5.26 Å². The highest BCUT2D eigenvalue weighted by Gasteiger charge is 2.10. The molecule has 0 atom stereocenters. The van der Waals surface area contributed by atoms with Crippen LogP contribution in [0.5, 0.6) is 0 Å². The SMILES string of the molecule is CON=C(C#N)c1ccccc1Sc1ccccc1. The molecule has 0 heterocycles. The van der Waals surface area contributed by atoms with Gasteiger partial charge in [-0.3, -0.25) is 0 Å². The van der Waals surface area contributed by atoms with Crippen molar-refractivity contribution in [3.63, 3.8) is 0 Å². The minimum absolute atomic E-state index is 0.279. The number of hydrogen-bond donors (Lipinski definition) is 0. The number of nitrogens with zero attached hydrogens (tertiary/aromatic N) is 2. The van der Waals surface area contributed by atoms with E-state index in [1.807, 2.05) is 54.6 Å². The van der Waals surface area contributed by atoms with Crippen molar-refractivity contribution >= 4 is 17.5 Å². The highest BCUT2D eigenvalue weighted by molar-refractivity contribution is 7.99. The molecular weight excluding hydrogens is 256 g/mol. The molecule has 0 radical (unpaired) electrons. The van der Waals surface area contributed by atoms with Crippen LogP contribution in [0.3, 0.4) is 0 Å². The number of rotatable bonds is 4. The van der Waals surface area contributed by atoms with Gasteiger partial charge in [-0.15, -0.1) is 0 Å². The first-order valence-corrected chi connectivity index (χ1v) is 6.50. The number of oxime groups is 1. The lowest BCUT2D eigenvalue weighted by atomic mass is 10.1. The molecule has 3 nitrogen and oxygen atoms in total. The summed E-state index contributed by atoms with van der Waals surface area (Å²) in [5.74, 6) is 0. The van der Waals surface area contributed by atoms with E-state index >= 15 is 0 Å². The van der Waals surface area contributed by atoms with Gasteiger partial charge in [0.1, 0.15) is 13.2 Å². The van der Waals surface area contributed by atoms with Crippen LogP contribution < -0.4 is 0 Å². The summed E-state index contributed by atoms with van der Waals surface area (Å²) in [4.78, 5) is 6.80. The zero-order chi connectivity index (χ0) is 13.5. The molecule has 0 aliphatic rings. The molecule has 2 rings (SSSR count). The van der Waals surface area contributed by atoms with Crippen LogP contribution in [0.1, 0.15) is 5.56 Å². The van der Waals surface area contributed by atoms with Gasteiger partial charge >= 0.3 is 0 Å². The topological polar surface area (TPSA) is 45.4 Å². The molecule has 0 saturated heterocycles. The number of hydrogen-bond acceptors (Lipinski definition) is 4. The van der Waals surface area contributed by atoms with Gasteiger partial charge in [-0.1, -0.05) is 53.3 Å². The van der Waals surface area contributed by atoms with Crippen molar-refractivity contribution < 1.29 is 4.84 Å². The molecule has 0 N–H and O–H groups in total. The zero-order valence-electron chi connectivity index (χ0n) is 10.4. The maximum absolute atomic E-state index is 9.13. The van der Waals surface area contributed by atoms with Crippen LogP contribution in [0.15, 0.2) is 69.5 Å². The molecule has 2 aromatic carbocycles. The van der Waals surface area contributed by atoms with Crippen LogP contribution >= 0.6 is 11.8 Å².